The fourth-order valence-corrected chi connectivity index (χ4v) is 10.1. The maximum Gasteiger partial charge on any atom is 0.160 e. The third-order valence-corrected chi connectivity index (χ3v) is 13.0. The molecule has 0 fully saturated rings. The Kier molecular flexibility index (Phi) is 8.76. The summed E-state index contributed by atoms with van der Waals surface area (Å²) >= 11 is 0. The average molecular weight is 801 g/mol. The van der Waals surface area contributed by atoms with Gasteiger partial charge < -0.3 is 0 Å². The van der Waals surface area contributed by atoms with Crippen LogP contribution in [-0.2, 0) is 5.41 Å². The van der Waals surface area contributed by atoms with Crippen LogP contribution in [0.2, 0.25) is 0 Å². The molecule has 0 saturated carbocycles. The molecule has 1 aliphatic rings. The van der Waals surface area contributed by atoms with Crippen molar-refractivity contribution in [3.63, 3.8) is 0 Å². The van der Waals surface area contributed by atoms with Crippen LogP contribution >= 0.6 is 0 Å². The van der Waals surface area contributed by atoms with Gasteiger partial charge in [0.1, 0.15) is 0 Å². The highest BCUT2D eigenvalue weighted by molar-refractivity contribution is 6.05. The number of hydrogen-bond acceptors (Lipinski definition) is 2. The fraction of sp³-hybridized carbons (Fsp3) is 0.0164. The van der Waals surface area contributed by atoms with Crippen molar-refractivity contribution >= 4 is 21.5 Å². The minimum Gasteiger partial charge on any atom is -0.228 e. The van der Waals surface area contributed by atoms with Crippen molar-refractivity contribution in [1.82, 2.24) is 9.97 Å². The molecule has 0 saturated heterocycles. The minimum atomic E-state index is -0.467. The standard InChI is InChI=1S/C61H40N2/c1-5-18-41(19-6-1)58-40-59(63-60(62-58)42-20-7-2-8-21-42)53-34-33-50(51-30-15-16-31-52(51)53)47-25-17-24-43(36-47)46-32-35-56-54(38-46)55-37-44-22-13-14-23-45(44)39-57(55)61(56,48-26-9-3-10-27-48)49-28-11-4-12-29-49/h1-40H. The Hall–Kier alpha value is -8.20. The summed E-state index contributed by atoms with van der Waals surface area (Å²) in [5, 5.41) is 4.83. The Labute approximate surface area is 367 Å². The van der Waals surface area contributed by atoms with Crippen molar-refractivity contribution in [2.24, 2.45) is 0 Å². The van der Waals surface area contributed by atoms with Gasteiger partial charge in [-0.1, -0.05) is 212 Å². The van der Waals surface area contributed by atoms with Gasteiger partial charge in [0, 0.05) is 16.7 Å². The van der Waals surface area contributed by atoms with Gasteiger partial charge in [-0.05, 0) is 108 Å². The summed E-state index contributed by atoms with van der Waals surface area (Å²) in [6.45, 7) is 0. The van der Waals surface area contributed by atoms with E-state index in [0.717, 1.165) is 33.5 Å². The molecule has 0 atom stereocenters. The van der Waals surface area contributed by atoms with E-state index in [1.807, 2.05) is 24.3 Å². The molecule has 2 heteroatoms. The zero-order chi connectivity index (χ0) is 41.7. The monoisotopic (exact) mass is 800 g/mol. The number of rotatable bonds is 7. The van der Waals surface area contributed by atoms with Gasteiger partial charge in [0.2, 0.25) is 0 Å². The van der Waals surface area contributed by atoms with E-state index >= 15 is 0 Å². The van der Waals surface area contributed by atoms with Gasteiger partial charge in [-0.25, -0.2) is 9.97 Å². The first-order chi connectivity index (χ1) is 31.2. The second-order valence-electron chi connectivity index (χ2n) is 16.5. The number of benzene rings is 10. The molecule has 12 rings (SSSR count). The van der Waals surface area contributed by atoms with Crippen LogP contribution in [0.15, 0.2) is 243 Å². The molecule has 1 aliphatic carbocycles. The summed E-state index contributed by atoms with van der Waals surface area (Å²) in [6.07, 6.45) is 0. The second kappa shape index (κ2) is 15.1. The molecule has 0 spiro atoms. The first-order valence-corrected chi connectivity index (χ1v) is 21.6. The molecule has 2 nitrogen and oxygen atoms in total. The van der Waals surface area contributed by atoms with E-state index in [4.69, 9.17) is 9.97 Å². The molecule has 0 unspecified atom stereocenters. The van der Waals surface area contributed by atoms with Crippen molar-refractivity contribution in [2.75, 3.05) is 0 Å². The van der Waals surface area contributed by atoms with Crippen LogP contribution in [0.5, 0.6) is 0 Å². The number of fused-ring (bicyclic) bond motifs is 5. The summed E-state index contributed by atoms with van der Waals surface area (Å²) in [4.78, 5) is 10.3. The lowest BCUT2D eigenvalue weighted by Crippen LogP contribution is -2.28. The maximum absolute atomic E-state index is 5.20. The normalized spacial score (nSPS) is 12.6. The Morgan fingerprint density at radius 1 is 0.270 bits per heavy atom. The number of aromatic nitrogens is 2. The molecule has 1 heterocycles. The molecular formula is C61H40N2. The minimum absolute atomic E-state index is 0.467. The van der Waals surface area contributed by atoms with Gasteiger partial charge in [0.05, 0.1) is 16.8 Å². The van der Waals surface area contributed by atoms with E-state index in [0.29, 0.717) is 5.82 Å². The van der Waals surface area contributed by atoms with Crippen LogP contribution in [0.3, 0.4) is 0 Å². The molecular weight excluding hydrogens is 761 g/mol. The number of nitrogens with zero attached hydrogens (tertiary/aromatic N) is 2. The van der Waals surface area contributed by atoms with Gasteiger partial charge in [0.15, 0.2) is 5.82 Å². The van der Waals surface area contributed by atoms with Crippen LogP contribution in [0, 0.1) is 0 Å². The van der Waals surface area contributed by atoms with Crippen molar-refractivity contribution < 1.29 is 0 Å². The van der Waals surface area contributed by atoms with E-state index in [1.165, 1.54) is 71.8 Å². The van der Waals surface area contributed by atoms with Crippen LogP contribution in [0.1, 0.15) is 22.3 Å². The Morgan fingerprint density at radius 2 is 0.778 bits per heavy atom. The Morgan fingerprint density at radius 3 is 1.48 bits per heavy atom. The van der Waals surface area contributed by atoms with E-state index in [-0.39, 0.29) is 0 Å². The predicted octanol–water partition coefficient (Wildman–Crippen LogP) is 15.5. The Balaban J connectivity index is 1.00. The molecule has 10 aromatic carbocycles. The fourth-order valence-electron chi connectivity index (χ4n) is 10.1. The highest BCUT2D eigenvalue weighted by Gasteiger charge is 2.46. The average Bonchev–Trinajstić information content (AvgIpc) is 3.65. The van der Waals surface area contributed by atoms with Gasteiger partial charge in [-0.3, -0.25) is 0 Å². The molecule has 0 amide bonds. The Bertz CT molecular complexity index is 3390. The van der Waals surface area contributed by atoms with Gasteiger partial charge in [-0.15, -0.1) is 0 Å². The third kappa shape index (κ3) is 6.10. The van der Waals surface area contributed by atoms with Crippen LogP contribution in [0.4, 0.5) is 0 Å². The van der Waals surface area contributed by atoms with E-state index in [1.54, 1.807) is 0 Å². The summed E-state index contributed by atoms with van der Waals surface area (Å²) < 4.78 is 0. The largest absolute Gasteiger partial charge is 0.228 e. The van der Waals surface area contributed by atoms with Crippen LogP contribution < -0.4 is 0 Å². The van der Waals surface area contributed by atoms with E-state index in [9.17, 15) is 0 Å². The van der Waals surface area contributed by atoms with Crippen LogP contribution in [-0.4, -0.2) is 9.97 Å². The molecule has 1 aromatic heterocycles. The lowest BCUT2D eigenvalue weighted by atomic mass is 9.67. The summed E-state index contributed by atoms with van der Waals surface area (Å²) in [6, 6.07) is 87.9. The summed E-state index contributed by atoms with van der Waals surface area (Å²) in [5.41, 5.74) is 16.9. The topological polar surface area (TPSA) is 25.8 Å². The van der Waals surface area contributed by atoms with Gasteiger partial charge in [-0.2, -0.15) is 0 Å². The zero-order valence-corrected chi connectivity index (χ0v) is 34.5. The molecule has 11 aromatic rings. The van der Waals surface area contributed by atoms with Crippen molar-refractivity contribution in [3.05, 3.63) is 265 Å². The highest BCUT2D eigenvalue weighted by atomic mass is 14.9. The van der Waals surface area contributed by atoms with Crippen molar-refractivity contribution in [2.45, 2.75) is 5.41 Å². The summed E-state index contributed by atoms with van der Waals surface area (Å²) in [5.74, 6) is 0.711. The van der Waals surface area contributed by atoms with E-state index in [2.05, 4.69) is 218 Å². The smallest absolute Gasteiger partial charge is 0.160 e. The first-order valence-electron chi connectivity index (χ1n) is 21.6. The molecule has 63 heavy (non-hydrogen) atoms. The lowest BCUT2D eigenvalue weighted by Gasteiger charge is -2.34. The zero-order valence-electron chi connectivity index (χ0n) is 34.5. The molecule has 0 aliphatic heterocycles. The highest BCUT2D eigenvalue weighted by Crippen LogP contribution is 2.57. The third-order valence-electron chi connectivity index (χ3n) is 13.0. The second-order valence-corrected chi connectivity index (χ2v) is 16.5. The quantitative estimate of drug-likeness (QED) is 0.160. The van der Waals surface area contributed by atoms with Crippen molar-refractivity contribution in [1.29, 1.82) is 0 Å². The molecule has 0 radical (unpaired) electrons. The van der Waals surface area contributed by atoms with Gasteiger partial charge in [0.25, 0.3) is 0 Å². The summed E-state index contributed by atoms with van der Waals surface area (Å²) in [7, 11) is 0. The predicted molar refractivity (Wildman–Crippen MR) is 262 cm³/mol. The number of hydrogen-bond donors (Lipinski definition) is 0. The van der Waals surface area contributed by atoms with Gasteiger partial charge >= 0.3 is 0 Å². The van der Waals surface area contributed by atoms with Crippen LogP contribution in [0.25, 0.3) is 88.8 Å². The van der Waals surface area contributed by atoms with Crippen molar-refractivity contribution in [3.8, 4) is 67.3 Å². The molecule has 0 N–H and O–H groups in total. The molecule has 0 bridgehead atoms. The first kappa shape index (κ1) is 36.6. The maximum atomic E-state index is 5.20. The molecule has 294 valence electrons. The SMILES string of the molecule is c1ccc(-c2cc(-c3ccc(-c4cccc(-c5ccc6c(c5)-c5cc7ccccc7cc5C6(c5ccccc5)c5ccccc5)c4)c4ccccc34)nc(-c3ccccc3)n2)cc1. The lowest BCUT2D eigenvalue weighted by molar-refractivity contribution is 0.769. The van der Waals surface area contributed by atoms with E-state index < -0.39 is 5.41 Å².